The lowest BCUT2D eigenvalue weighted by molar-refractivity contribution is -0.133. The average Bonchev–Trinajstić information content (AvgIpc) is 3.22. The van der Waals surface area contributed by atoms with Crippen molar-refractivity contribution >= 4 is 5.78 Å². The van der Waals surface area contributed by atoms with Crippen molar-refractivity contribution in [3.8, 4) is 0 Å². The number of ketones is 1. The summed E-state index contributed by atoms with van der Waals surface area (Å²) in [6.45, 7) is 6.95. The monoisotopic (exact) mass is 398 g/mol. The molecular formula is C25H38N2O2. The minimum Gasteiger partial charge on any atom is -0.390 e. The molecule has 0 aliphatic heterocycles. The van der Waals surface area contributed by atoms with E-state index >= 15 is 0 Å². The first-order valence-electron chi connectivity index (χ1n) is 12.0. The number of nitrogens with zero attached hydrogens (tertiary/aromatic N) is 2. The van der Waals surface area contributed by atoms with Crippen LogP contribution >= 0.6 is 0 Å². The number of fused-ring (bicyclic) bond motifs is 5. The number of Topliss-reactive ketones (excluding diaryl/α,β-unsaturated/α-hetero) is 1. The summed E-state index contributed by atoms with van der Waals surface area (Å²) in [6.07, 6.45) is 14.5. The van der Waals surface area contributed by atoms with Crippen LogP contribution in [0.1, 0.15) is 77.2 Å². The molecular weight excluding hydrogens is 360 g/mol. The first kappa shape index (κ1) is 19.8. The maximum absolute atomic E-state index is 13.3. The Labute approximate surface area is 175 Å². The Hall–Kier alpha value is -1.16. The van der Waals surface area contributed by atoms with Gasteiger partial charge < -0.3 is 5.11 Å². The second-order valence-electron chi connectivity index (χ2n) is 11.5. The highest BCUT2D eigenvalue weighted by Gasteiger charge is 2.58. The molecule has 4 aliphatic rings. The van der Waals surface area contributed by atoms with Gasteiger partial charge in [0.2, 0.25) is 0 Å². The fourth-order valence-corrected chi connectivity index (χ4v) is 8.43. The topological polar surface area (TPSA) is 55.1 Å². The van der Waals surface area contributed by atoms with Crippen LogP contribution < -0.4 is 0 Å². The number of carbonyl (C=O) groups is 1. The van der Waals surface area contributed by atoms with Crippen molar-refractivity contribution in [2.24, 2.45) is 40.9 Å². The summed E-state index contributed by atoms with van der Waals surface area (Å²) in [4.78, 5) is 13.3. The molecule has 2 unspecified atom stereocenters. The van der Waals surface area contributed by atoms with Gasteiger partial charge in [-0.25, -0.2) is 0 Å². The highest BCUT2D eigenvalue weighted by molar-refractivity contribution is 5.82. The van der Waals surface area contributed by atoms with Crippen LogP contribution in [0, 0.1) is 47.8 Å². The minimum atomic E-state index is -0.438. The molecule has 4 heteroatoms. The van der Waals surface area contributed by atoms with Gasteiger partial charge in [-0.05, 0) is 112 Å². The number of rotatable bonds is 3. The molecule has 8 atom stereocenters. The normalized spacial score (nSPS) is 46.6. The third-order valence-electron chi connectivity index (χ3n) is 9.71. The number of aromatic nitrogens is 2. The van der Waals surface area contributed by atoms with Crippen LogP contribution in [0.2, 0.25) is 0 Å². The van der Waals surface area contributed by atoms with E-state index in [9.17, 15) is 9.90 Å². The smallest absolute Gasteiger partial charge is 0.157 e. The van der Waals surface area contributed by atoms with Gasteiger partial charge in [-0.2, -0.15) is 5.10 Å². The molecule has 0 aromatic carbocycles. The van der Waals surface area contributed by atoms with Crippen LogP contribution in [-0.4, -0.2) is 26.3 Å². The van der Waals surface area contributed by atoms with Crippen molar-refractivity contribution in [3.63, 3.8) is 0 Å². The highest BCUT2D eigenvalue weighted by Crippen LogP contribution is 2.64. The van der Waals surface area contributed by atoms with Gasteiger partial charge in [-0.15, -0.1) is 0 Å². The van der Waals surface area contributed by atoms with E-state index in [1.54, 1.807) is 0 Å². The van der Waals surface area contributed by atoms with E-state index in [1.807, 2.05) is 30.9 Å². The Morgan fingerprint density at radius 3 is 2.66 bits per heavy atom. The van der Waals surface area contributed by atoms with E-state index in [0.717, 1.165) is 54.4 Å². The van der Waals surface area contributed by atoms with E-state index in [0.29, 0.717) is 12.3 Å². The summed E-state index contributed by atoms with van der Waals surface area (Å²) in [6, 6.07) is 0. The van der Waals surface area contributed by atoms with Gasteiger partial charge in [0, 0.05) is 12.1 Å². The molecule has 1 aromatic rings. The summed E-state index contributed by atoms with van der Waals surface area (Å²) in [5, 5.41) is 14.9. The highest BCUT2D eigenvalue weighted by atomic mass is 16.3. The van der Waals surface area contributed by atoms with Crippen LogP contribution in [-0.2, 0) is 11.3 Å². The number of aliphatic hydroxyl groups is 1. The number of hydrogen-bond donors (Lipinski definition) is 1. The van der Waals surface area contributed by atoms with Gasteiger partial charge >= 0.3 is 0 Å². The maximum atomic E-state index is 13.3. The van der Waals surface area contributed by atoms with E-state index in [1.165, 1.54) is 38.5 Å². The van der Waals surface area contributed by atoms with Crippen molar-refractivity contribution < 1.29 is 9.90 Å². The van der Waals surface area contributed by atoms with Gasteiger partial charge in [-0.3, -0.25) is 9.48 Å². The van der Waals surface area contributed by atoms with Crippen LogP contribution in [0.4, 0.5) is 0 Å². The fraction of sp³-hybridized carbons (Fsp3) is 0.840. The Balaban J connectivity index is 1.31. The summed E-state index contributed by atoms with van der Waals surface area (Å²) < 4.78 is 1.83. The van der Waals surface area contributed by atoms with E-state index in [2.05, 4.69) is 12.0 Å². The average molecular weight is 399 g/mol. The Kier molecular flexibility index (Phi) is 4.73. The number of carbonyl (C=O) groups excluding carboxylic acids is 1. The lowest BCUT2D eigenvalue weighted by Crippen LogP contribution is -2.51. The van der Waals surface area contributed by atoms with Gasteiger partial charge in [0.15, 0.2) is 5.78 Å². The molecule has 160 valence electrons. The van der Waals surface area contributed by atoms with Crippen LogP contribution in [0.3, 0.4) is 0 Å². The molecule has 0 saturated heterocycles. The zero-order valence-corrected chi connectivity index (χ0v) is 18.4. The molecule has 1 N–H and O–H groups in total. The van der Waals surface area contributed by atoms with Crippen LogP contribution in [0.5, 0.6) is 0 Å². The summed E-state index contributed by atoms with van der Waals surface area (Å²) in [5.74, 6) is 4.53. The van der Waals surface area contributed by atoms with Crippen molar-refractivity contribution in [3.05, 3.63) is 18.0 Å². The quantitative estimate of drug-likeness (QED) is 0.797. The predicted molar refractivity (Wildman–Crippen MR) is 113 cm³/mol. The standard InChI is InChI=1S/C25H38N2O2/c1-16-13-26-27(14-16)15-23(28)22-7-6-21-20-5-4-17-12-24(2,29)10-8-18(17)19(20)9-11-25(21,22)3/h13-14,17-22,29H,4-12,15H2,1-3H3/t17-,18+,19-,20?,21+,22?,24-,25+/m1/s1. The van der Waals surface area contributed by atoms with Crippen molar-refractivity contribution in [1.82, 2.24) is 9.78 Å². The molecule has 0 amide bonds. The van der Waals surface area contributed by atoms with Crippen LogP contribution in [0.15, 0.2) is 12.4 Å². The lowest BCUT2D eigenvalue weighted by Gasteiger charge is -2.56. The Morgan fingerprint density at radius 1 is 1.10 bits per heavy atom. The third-order valence-corrected chi connectivity index (χ3v) is 9.71. The molecule has 29 heavy (non-hydrogen) atoms. The van der Waals surface area contributed by atoms with Crippen LogP contribution in [0.25, 0.3) is 0 Å². The molecule has 1 aromatic heterocycles. The van der Waals surface area contributed by atoms with Gasteiger partial charge in [0.25, 0.3) is 0 Å². The van der Waals surface area contributed by atoms with Crippen molar-refractivity contribution in [2.45, 2.75) is 90.7 Å². The molecule has 1 heterocycles. The first-order chi connectivity index (χ1) is 13.8. The molecule has 5 rings (SSSR count). The van der Waals surface area contributed by atoms with E-state index < -0.39 is 5.60 Å². The van der Waals surface area contributed by atoms with Crippen molar-refractivity contribution in [1.29, 1.82) is 0 Å². The second-order valence-corrected chi connectivity index (χ2v) is 11.5. The Morgan fingerprint density at radius 2 is 1.90 bits per heavy atom. The zero-order chi connectivity index (χ0) is 20.4. The predicted octanol–water partition coefficient (Wildman–Crippen LogP) is 4.78. The summed E-state index contributed by atoms with van der Waals surface area (Å²) in [5.41, 5.74) is 0.873. The number of hydrogen-bond acceptors (Lipinski definition) is 3. The van der Waals surface area contributed by atoms with Gasteiger partial charge in [0.1, 0.15) is 0 Å². The van der Waals surface area contributed by atoms with Crippen molar-refractivity contribution in [2.75, 3.05) is 0 Å². The Bertz CT molecular complexity index is 784. The van der Waals surface area contributed by atoms with E-state index in [4.69, 9.17) is 0 Å². The fourth-order valence-electron chi connectivity index (χ4n) is 8.43. The molecule has 4 aliphatic carbocycles. The van der Waals surface area contributed by atoms with Gasteiger partial charge in [0.05, 0.1) is 18.3 Å². The molecule has 0 bridgehead atoms. The zero-order valence-electron chi connectivity index (χ0n) is 18.4. The first-order valence-corrected chi connectivity index (χ1v) is 12.0. The molecule has 0 radical (unpaired) electrons. The molecule has 0 spiro atoms. The molecule has 4 fully saturated rings. The molecule has 4 saturated carbocycles. The third kappa shape index (κ3) is 3.30. The lowest BCUT2D eigenvalue weighted by atomic mass is 9.49. The van der Waals surface area contributed by atoms with Gasteiger partial charge in [-0.1, -0.05) is 6.92 Å². The summed E-state index contributed by atoms with van der Waals surface area (Å²) >= 11 is 0. The van der Waals surface area contributed by atoms with E-state index in [-0.39, 0.29) is 11.3 Å². The maximum Gasteiger partial charge on any atom is 0.157 e. The minimum absolute atomic E-state index is 0.188. The molecule has 4 nitrogen and oxygen atoms in total. The second kappa shape index (κ2) is 6.93. The largest absolute Gasteiger partial charge is 0.390 e. The number of aryl methyl sites for hydroxylation is 1. The summed E-state index contributed by atoms with van der Waals surface area (Å²) in [7, 11) is 0. The SMILES string of the molecule is Cc1cnn(CC(=O)C2CC[C@H]3C4CC[C@@H]5C[C@](C)(O)CC[C@@H]5[C@H]4CC[C@]23C)c1.